The van der Waals surface area contributed by atoms with Gasteiger partial charge in [-0.1, -0.05) is 0 Å². The number of nitrogens with zero attached hydrogens (tertiary/aromatic N) is 1. The Morgan fingerprint density at radius 1 is 1.58 bits per heavy atom. The summed E-state index contributed by atoms with van der Waals surface area (Å²) < 4.78 is 27.2. The van der Waals surface area contributed by atoms with Crippen LogP contribution in [0.1, 0.15) is 13.3 Å². The van der Waals surface area contributed by atoms with Crippen LogP contribution >= 0.6 is 27.3 Å². The number of hydrogen-bond donors (Lipinski definition) is 1. The second-order valence-corrected chi connectivity index (χ2v) is 8.69. The summed E-state index contributed by atoms with van der Waals surface area (Å²) >= 11 is 4.43. The van der Waals surface area contributed by atoms with Crippen LogP contribution < -0.4 is 5.32 Å². The number of carbonyl (C=O) groups is 1. The number of thiophene rings is 1. The standard InChI is InChI=1S/C11H15BrN2O3S2/c1-11(10(15)13-2)4-5-14(7-11)19(16,17)9-8(12)3-6-18-9/h3,6H,4-5,7H2,1-2H3,(H,13,15). The van der Waals surface area contributed by atoms with E-state index in [0.29, 0.717) is 21.6 Å². The van der Waals surface area contributed by atoms with E-state index in [-0.39, 0.29) is 12.5 Å². The molecule has 0 spiro atoms. The molecule has 0 radical (unpaired) electrons. The third kappa shape index (κ3) is 2.58. The fourth-order valence-electron chi connectivity index (χ4n) is 2.19. The molecule has 1 aromatic heterocycles. The minimum atomic E-state index is -3.51. The summed E-state index contributed by atoms with van der Waals surface area (Å²) in [4.78, 5) is 11.8. The monoisotopic (exact) mass is 366 g/mol. The Bertz CT molecular complexity index is 599. The van der Waals surface area contributed by atoms with Crippen molar-refractivity contribution in [2.24, 2.45) is 5.41 Å². The predicted molar refractivity (Wildman–Crippen MR) is 77.6 cm³/mol. The number of amides is 1. The Kier molecular flexibility index (Phi) is 4.06. The molecule has 106 valence electrons. The number of rotatable bonds is 3. The van der Waals surface area contributed by atoms with Crippen molar-refractivity contribution in [3.63, 3.8) is 0 Å². The molecule has 5 nitrogen and oxygen atoms in total. The Balaban J connectivity index is 2.27. The molecule has 1 N–H and O–H groups in total. The number of nitrogens with one attached hydrogen (secondary N) is 1. The van der Waals surface area contributed by atoms with Crippen LogP contribution in [0.3, 0.4) is 0 Å². The first-order valence-electron chi connectivity index (χ1n) is 5.76. The summed E-state index contributed by atoms with van der Waals surface area (Å²) in [6, 6.07) is 1.71. The van der Waals surface area contributed by atoms with Gasteiger partial charge in [-0.25, -0.2) is 8.42 Å². The molecule has 19 heavy (non-hydrogen) atoms. The molecule has 1 unspecified atom stereocenters. The molecule has 1 aromatic rings. The molecule has 1 aliphatic rings. The van der Waals surface area contributed by atoms with Gasteiger partial charge in [0.15, 0.2) is 0 Å². The fourth-order valence-corrected chi connectivity index (χ4v) is 6.21. The first-order valence-corrected chi connectivity index (χ1v) is 8.88. The molecular formula is C11H15BrN2O3S2. The number of halogens is 1. The van der Waals surface area contributed by atoms with E-state index in [1.54, 1.807) is 25.4 Å². The van der Waals surface area contributed by atoms with Gasteiger partial charge in [0.1, 0.15) is 4.21 Å². The molecular weight excluding hydrogens is 352 g/mol. The highest BCUT2D eigenvalue weighted by Gasteiger charge is 2.44. The average molecular weight is 367 g/mol. The van der Waals surface area contributed by atoms with Crippen molar-refractivity contribution in [1.29, 1.82) is 0 Å². The highest BCUT2D eigenvalue weighted by Crippen LogP contribution is 2.37. The van der Waals surface area contributed by atoms with Crippen LogP contribution in [0.2, 0.25) is 0 Å². The van der Waals surface area contributed by atoms with E-state index in [4.69, 9.17) is 0 Å². The molecule has 2 heterocycles. The van der Waals surface area contributed by atoms with Gasteiger partial charge in [-0.15, -0.1) is 11.3 Å². The summed E-state index contributed by atoms with van der Waals surface area (Å²) in [7, 11) is -1.94. The van der Waals surface area contributed by atoms with Gasteiger partial charge in [-0.3, -0.25) is 4.79 Å². The van der Waals surface area contributed by atoms with Crippen molar-refractivity contribution >= 4 is 43.2 Å². The quantitative estimate of drug-likeness (QED) is 0.884. The Labute approximate surface area is 125 Å². The van der Waals surface area contributed by atoms with Gasteiger partial charge < -0.3 is 5.32 Å². The summed E-state index contributed by atoms with van der Waals surface area (Å²) in [5, 5.41) is 4.33. The molecule has 0 bridgehead atoms. The first kappa shape index (κ1) is 15.0. The van der Waals surface area contributed by atoms with Gasteiger partial charge in [0, 0.05) is 24.6 Å². The van der Waals surface area contributed by atoms with Crippen LogP contribution in [0.5, 0.6) is 0 Å². The third-order valence-corrected chi connectivity index (χ3v) is 7.86. The maximum atomic E-state index is 12.5. The normalized spacial score (nSPS) is 24.6. The summed E-state index contributed by atoms with van der Waals surface area (Å²) in [5.41, 5.74) is -0.647. The smallest absolute Gasteiger partial charge is 0.253 e. The molecule has 1 amide bonds. The van der Waals surface area contributed by atoms with Gasteiger partial charge in [0.05, 0.1) is 5.41 Å². The Morgan fingerprint density at radius 3 is 2.79 bits per heavy atom. The highest BCUT2D eigenvalue weighted by molar-refractivity contribution is 9.10. The zero-order valence-electron chi connectivity index (χ0n) is 10.6. The number of hydrogen-bond acceptors (Lipinski definition) is 4. The molecule has 1 atom stereocenters. The van der Waals surface area contributed by atoms with E-state index in [9.17, 15) is 13.2 Å². The van der Waals surface area contributed by atoms with Crippen molar-refractivity contribution in [3.8, 4) is 0 Å². The van der Waals surface area contributed by atoms with Crippen LogP contribution in [0.25, 0.3) is 0 Å². The highest BCUT2D eigenvalue weighted by atomic mass is 79.9. The molecule has 0 saturated carbocycles. The minimum absolute atomic E-state index is 0.115. The minimum Gasteiger partial charge on any atom is -0.359 e. The van der Waals surface area contributed by atoms with Crippen molar-refractivity contribution in [2.75, 3.05) is 20.1 Å². The number of sulfonamides is 1. The van der Waals surface area contributed by atoms with Gasteiger partial charge in [0.2, 0.25) is 5.91 Å². The predicted octanol–water partition coefficient (Wildman–Crippen LogP) is 1.66. The zero-order valence-corrected chi connectivity index (χ0v) is 13.9. The van der Waals surface area contributed by atoms with E-state index < -0.39 is 15.4 Å². The topological polar surface area (TPSA) is 66.5 Å². The van der Waals surface area contributed by atoms with Gasteiger partial charge in [0.25, 0.3) is 10.0 Å². The van der Waals surface area contributed by atoms with Gasteiger partial charge in [-0.05, 0) is 40.7 Å². The zero-order chi connectivity index (χ0) is 14.3. The van der Waals surface area contributed by atoms with Crippen LogP contribution in [0.15, 0.2) is 20.1 Å². The molecule has 8 heteroatoms. The molecule has 1 aliphatic heterocycles. The van der Waals surface area contributed by atoms with Crippen molar-refractivity contribution in [1.82, 2.24) is 9.62 Å². The van der Waals surface area contributed by atoms with E-state index >= 15 is 0 Å². The van der Waals surface area contributed by atoms with Crippen LogP contribution in [-0.4, -0.2) is 38.8 Å². The fraction of sp³-hybridized carbons (Fsp3) is 0.545. The lowest BCUT2D eigenvalue weighted by Gasteiger charge is -2.22. The van der Waals surface area contributed by atoms with Crippen molar-refractivity contribution in [2.45, 2.75) is 17.6 Å². The van der Waals surface area contributed by atoms with E-state index in [1.807, 2.05) is 0 Å². The van der Waals surface area contributed by atoms with E-state index in [0.717, 1.165) is 0 Å². The first-order chi connectivity index (χ1) is 8.81. The maximum absolute atomic E-state index is 12.5. The molecule has 1 saturated heterocycles. The van der Waals surface area contributed by atoms with E-state index in [1.165, 1.54) is 15.6 Å². The number of carbonyl (C=O) groups excluding carboxylic acids is 1. The van der Waals surface area contributed by atoms with Crippen molar-refractivity contribution in [3.05, 3.63) is 15.9 Å². The molecule has 2 rings (SSSR count). The van der Waals surface area contributed by atoms with Crippen molar-refractivity contribution < 1.29 is 13.2 Å². The lowest BCUT2D eigenvalue weighted by Crippen LogP contribution is -2.40. The Morgan fingerprint density at radius 2 is 2.26 bits per heavy atom. The lowest BCUT2D eigenvalue weighted by molar-refractivity contribution is -0.128. The molecule has 1 fully saturated rings. The molecule has 0 aliphatic carbocycles. The molecule has 0 aromatic carbocycles. The van der Waals surface area contributed by atoms with Crippen LogP contribution in [-0.2, 0) is 14.8 Å². The van der Waals surface area contributed by atoms with Gasteiger partial charge in [-0.2, -0.15) is 4.31 Å². The van der Waals surface area contributed by atoms with E-state index in [2.05, 4.69) is 21.2 Å². The third-order valence-electron chi connectivity index (χ3n) is 3.37. The second-order valence-electron chi connectivity index (χ2n) is 4.78. The lowest BCUT2D eigenvalue weighted by atomic mass is 9.89. The SMILES string of the molecule is CNC(=O)C1(C)CCN(S(=O)(=O)c2sccc2Br)C1. The summed E-state index contributed by atoms with van der Waals surface area (Å²) in [6.07, 6.45) is 0.537. The van der Waals surface area contributed by atoms with Crippen LogP contribution in [0, 0.1) is 5.41 Å². The average Bonchev–Trinajstić information content (AvgIpc) is 2.96. The largest absolute Gasteiger partial charge is 0.359 e. The summed E-state index contributed by atoms with van der Waals surface area (Å²) in [6.45, 7) is 2.39. The van der Waals surface area contributed by atoms with Gasteiger partial charge >= 0.3 is 0 Å². The Hall–Kier alpha value is -0.440. The maximum Gasteiger partial charge on any atom is 0.253 e. The second kappa shape index (κ2) is 5.16. The summed E-state index contributed by atoms with van der Waals surface area (Å²) in [5.74, 6) is -0.115. The van der Waals surface area contributed by atoms with Crippen LogP contribution in [0.4, 0.5) is 0 Å².